The molecule has 8 nitrogen and oxygen atoms in total. The van der Waals surface area contributed by atoms with Gasteiger partial charge in [-0.3, -0.25) is 14.4 Å². The lowest BCUT2D eigenvalue weighted by molar-refractivity contribution is -0.262. The van der Waals surface area contributed by atoms with Gasteiger partial charge in [0, 0.05) is 35.1 Å². The van der Waals surface area contributed by atoms with Crippen LogP contribution in [0.4, 0.5) is 5.69 Å². The summed E-state index contributed by atoms with van der Waals surface area (Å²) in [6.07, 6.45) is 1.72. The first kappa shape index (κ1) is 24.2. The van der Waals surface area contributed by atoms with Crippen molar-refractivity contribution >= 4 is 23.2 Å². The van der Waals surface area contributed by atoms with Gasteiger partial charge in [0.1, 0.15) is 5.60 Å². The molecule has 2 heterocycles. The van der Waals surface area contributed by atoms with Crippen molar-refractivity contribution in [2.75, 3.05) is 5.73 Å². The number of carbonyl (C=O) groups excluding carboxylic acids is 2. The summed E-state index contributed by atoms with van der Waals surface area (Å²) in [5.41, 5.74) is 1.89. The predicted octanol–water partition coefficient (Wildman–Crippen LogP) is 3.27. The lowest BCUT2D eigenvalue weighted by Crippen LogP contribution is -2.70. The number of carboxylic acids is 1. The molecule has 6 atom stereocenters. The van der Waals surface area contributed by atoms with Gasteiger partial charge >= 0.3 is 5.97 Å². The number of hydrogen-bond acceptors (Lipinski definition) is 7. The molecule has 5 rings (SSSR count). The lowest BCUT2D eigenvalue weighted by Gasteiger charge is -2.65. The summed E-state index contributed by atoms with van der Waals surface area (Å²) in [7, 11) is 0. The Morgan fingerprint density at radius 2 is 1.80 bits per heavy atom. The van der Waals surface area contributed by atoms with Crippen LogP contribution in [-0.2, 0) is 19.1 Å². The number of carbonyl (C=O) groups is 3. The third-order valence-corrected chi connectivity index (χ3v) is 9.59. The fourth-order valence-corrected chi connectivity index (χ4v) is 7.30. The molecule has 3 fully saturated rings. The van der Waals surface area contributed by atoms with E-state index in [9.17, 15) is 24.6 Å². The number of rotatable bonds is 4. The maximum absolute atomic E-state index is 13.2. The van der Waals surface area contributed by atoms with E-state index >= 15 is 0 Å². The van der Waals surface area contributed by atoms with E-state index in [1.165, 1.54) is 6.08 Å². The van der Waals surface area contributed by atoms with Crippen LogP contribution in [0.15, 0.2) is 35.9 Å². The van der Waals surface area contributed by atoms with Crippen LogP contribution in [0.2, 0.25) is 0 Å². The molecule has 8 heteroatoms. The van der Waals surface area contributed by atoms with E-state index in [4.69, 9.17) is 15.2 Å². The molecule has 1 aromatic carbocycles. The number of nitrogens with two attached hydrogens (primary N) is 1. The van der Waals surface area contributed by atoms with Gasteiger partial charge in [-0.2, -0.15) is 0 Å². The average molecular weight is 484 g/mol. The summed E-state index contributed by atoms with van der Waals surface area (Å²) in [6, 6.07) is 6.76. The van der Waals surface area contributed by atoms with Crippen LogP contribution in [0.1, 0.15) is 70.2 Å². The summed E-state index contributed by atoms with van der Waals surface area (Å²) < 4.78 is 12.4. The summed E-state index contributed by atoms with van der Waals surface area (Å²) in [6.45, 7) is 6.97. The first-order valence-electron chi connectivity index (χ1n) is 12.2. The van der Waals surface area contributed by atoms with Crippen molar-refractivity contribution in [3.63, 3.8) is 0 Å². The van der Waals surface area contributed by atoms with Crippen LogP contribution in [0.5, 0.6) is 0 Å². The zero-order chi connectivity index (χ0) is 25.6. The van der Waals surface area contributed by atoms with Gasteiger partial charge in [-0.1, -0.05) is 19.1 Å². The third kappa shape index (κ3) is 2.93. The number of nitrogen functional groups attached to an aromatic ring is 1. The number of aliphatic carboxylic acids is 1. The molecule has 2 aliphatic carbocycles. The SMILES string of the molecule is CC1(C)O[C@@]23CC[C@@]4(C)[C@@](O)(CC[C@@H](CC(=O)c5ccccc5N)[C@]4(C)C(=O)O)C2=CC(=O)[C@@H]1O3. The lowest BCUT2D eigenvalue weighted by atomic mass is 9.41. The van der Waals surface area contributed by atoms with Crippen LogP contribution in [-0.4, -0.2) is 50.8 Å². The van der Waals surface area contributed by atoms with E-state index < -0.39 is 45.8 Å². The molecule has 1 saturated heterocycles. The molecule has 0 amide bonds. The van der Waals surface area contributed by atoms with Crippen molar-refractivity contribution in [1.29, 1.82) is 0 Å². The molecule has 1 spiro atoms. The molecule has 4 N–H and O–H groups in total. The van der Waals surface area contributed by atoms with Gasteiger partial charge in [0.2, 0.25) is 0 Å². The number of benzene rings is 1. The van der Waals surface area contributed by atoms with E-state index in [0.717, 1.165) is 0 Å². The fraction of sp³-hybridized carbons (Fsp3) is 0.593. The van der Waals surface area contributed by atoms with Crippen LogP contribution >= 0.6 is 0 Å². The predicted molar refractivity (Wildman–Crippen MR) is 126 cm³/mol. The highest BCUT2D eigenvalue weighted by molar-refractivity contribution is 6.01. The van der Waals surface area contributed by atoms with E-state index in [0.29, 0.717) is 29.7 Å². The standard InChI is InChI=1S/C27H33NO7/c1-23(2)21-19(30)14-20-26(33)10-9-15(13-18(29)16-7-5-6-8-17(16)28)25(4,22(31)32)24(26,3)11-12-27(20,34-21)35-23/h5-8,14-15,21,33H,9-13,28H2,1-4H3,(H,31,32)/t15-,21-,24+,25+,26+,27-/m0/s1. The number of Topliss-reactive ketones (excluding diaryl/α,β-unsaturated/α-hetero) is 1. The van der Waals surface area contributed by atoms with Crippen molar-refractivity contribution in [3.8, 4) is 0 Å². The van der Waals surface area contributed by atoms with Gasteiger partial charge < -0.3 is 25.4 Å². The highest BCUT2D eigenvalue weighted by atomic mass is 16.8. The molecular weight excluding hydrogens is 450 g/mol. The minimum Gasteiger partial charge on any atom is -0.481 e. The zero-order valence-corrected chi connectivity index (χ0v) is 20.6. The highest BCUT2D eigenvalue weighted by Gasteiger charge is 2.75. The van der Waals surface area contributed by atoms with Gasteiger partial charge in [-0.25, -0.2) is 0 Å². The number of anilines is 1. The monoisotopic (exact) mass is 483 g/mol. The Bertz CT molecular complexity index is 1170. The number of fused-ring (bicyclic) bond motifs is 3. The van der Waals surface area contributed by atoms with E-state index in [1.807, 2.05) is 0 Å². The first-order chi connectivity index (χ1) is 16.2. The fourth-order valence-electron chi connectivity index (χ4n) is 7.30. The maximum Gasteiger partial charge on any atom is 0.310 e. The van der Waals surface area contributed by atoms with E-state index in [2.05, 4.69) is 0 Å². The number of carboxylic acid groups (broad SMARTS) is 1. The normalized spacial score (nSPS) is 41.5. The van der Waals surface area contributed by atoms with Crippen LogP contribution in [0.25, 0.3) is 0 Å². The Balaban J connectivity index is 1.56. The van der Waals surface area contributed by atoms with Crippen molar-refractivity contribution in [1.82, 2.24) is 0 Å². The Kier molecular flexibility index (Phi) is 5.00. The molecule has 4 aliphatic rings. The van der Waals surface area contributed by atoms with Crippen LogP contribution in [0.3, 0.4) is 0 Å². The molecule has 2 bridgehead atoms. The van der Waals surface area contributed by atoms with Crippen LogP contribution in [0, 0.1) is 16.7 Å². The number of ketones is 2. The third-order valence-electron chi connectivity index (χ3n) is 9.59. The minimum atomic E-state index is -1.65. The average Bonchev–Trinajstić information content (AvgIpc) is 3.02. The van der Waals surface area contributed by atoms with Gasteiger partial charge in [0.05, 0.1) is 11.0 Å². The number of aliphatic hydroxyl groups is 1. The van der Waals surface area contributed by atoms with E-state index in [1.54, 1.807) is 52.0 Å². The Morgan fingerprint density at radius 3 is 2.46 bits per heavy atom. The molecule has 2 aliphatic heterocycles. The largest absolute Gasteiger partial charge is 0.481 e. The maximum atomic E-state index is 13.2. The van der Waals surface area contributed by atoms with E-state index in [-0.39, 0.29) is 30.8 Å². The molecule has 0 unspecified atom stereocenters. The quantitative estimate of drug-likeness (QED) is 0.438. The van der Waals surface area contributed by atoms with Crippen molar-refractivity contribution < 1.29 is 34.1 Å². The molecule has 0 aromatic heterocycles. The Labute approximate surface area is 204 Å². The van der Waals surface area contributed by atoms with Crippen molar-refractivity contribution in [2.24, 2.45) is 16.7 Å². The smallest absolute Gasteiger partial charge is 0.310 e. The minimum absolute atomic E-state index is 0.00604. The second-order valence-corrected chi connectivity index (χ2v) is 11.6. The van der Waals surface area contributed by atoms with Gasteiger partial charge in [0.25, 0.3) is 0 Å². The first-order valence-corrected chi connectivity index (χ1v) is 12.2. The molecule has 1 aromatic rings. The van der Waals surface area contributed by atoms with Crippen LogP contribution < -0.4 is 5.73 Å². The summed E-state index contributed by atoms with van der Waals surface area (Å²) in [5.74, 6) is -3.38. The van der Waals surface area contributed by atoms with Gasteiger partial charge in [-0.15, -0.1) is 0 Å². The van der Waals surface area contributed by atoms with Crippen molar-refractivity contribution in [3.05, 3.63) is 41.5 Å². The van der Waals surface area contributed by atoms with Crippen molar-refractivity contribution in [2.45, 2.75) is 82.9 Å². The topological polar surface area (TPSA) is 136 Å². The highest BCUT2D eigenvalue weighted by Crippen LogP contribution is 2.69. The number of ether oxygens (including phenoxy) is 2. The second-order valence-electron chi connectivity index (χ2n) is 11.6. The molecule has 0 radical (unpaired) electrons. The molecule has 188 valence electrons. The Morgan fingerprint density at radius 1 is 1.11 bits per heavy atom. The Hall–Kier alpha value is -2.55. The zero-order valence-electron chi connectivity index (χ0n) is 20.6. The number of para-hydroxylation sites is 1. The van der Waals surface area contributed by atoms with Gasteiger partial charge in [-0.05, 0) is 64.2 Å². The summed E-state index contributed by atoms with van der Waals surface area (Å²) >= 11 is 0. The second kappa shape index (κ2) is 7.24. The van der Waals surface area contributed by atoms with Gasteiger partial charge in [0.15, 0.2) is 23.5 Å². The summed E-state index contributed by atoms with van der Waals surface area (Å²) in [4.78, 5) is 39.1. The molecular formula is C27H33NO7. The molecule has 2 saturated carbocycles. The summed E-state index contributed by atoms with van der Waals surface area (Å²) in [5, 5.41) is 22.9. The molecule has 35 heavy (non-hydrogen) atoms. The number of hydrogen-bond donors (Lipinski definition) is 3.